The molecule has 0 aliphatic carbocycles. The number of hydrazine groups is 2. The van der Waals surface area contributed by atoms with E-state index in [1.165, 1.54) is 25.9 Å². The maximum atomic E-state index is 2.56. The van der Waals surface area contributed by atoms with Gasteiger partial charge in [-0.05, 0) is 40.5 Å². The van der Waals surface area contributed by atoms with Crippen molar-refractivity contribution in [3.05, 3.63) is 0 Å². The SMILES string of the molecule is CC1(C)N2CN(CCCCN3CN4N(C3)C4(C)C)CN21. The summed E-state index contributed by atoms with van der Waals surface area (Å²) in [7, 11) is 0. The summed E-state index contributed by atoms with van der Waals surface area (Å²) in [6.45, 7) is 16.2. The molecule has 0 saturated carbocycles. The number of fused-ring (bicyclic) bond motifs is 2. The lowest BCUT2D eigenvalue weighted by molar-refractivity contribution is 0.202. The average Bonchev–Trinajstić information content (AvgIpc) is 2.98. The van der Waals surface area contributed by atoms with E-state index in [2.05, 4.69) is 57.5 Å². The minimum atomic E-state index is 0.336. The second-order valence-electron chi connectivity index (χ2n) is 7.65. The highest BCUT2D eigenvalue weighted by Gasteiger charge is 2.59. The predicted octanol–water partition coefficient (Wildman–Crippen LogP) is 0.765. The maximum absolute atomic E-state index is 2.56. The van der Waals surface area contributed by atoms with Gasteiger partial charge < -0.3 is 0 Å². The number of hydrogen-bond acceptors (Lipinski definition) is 6. The van der Waals surface area contributed by atoms with Gasteiger partial charge in [-0.25, -0.2) is 20.0 Å². The third-order valence-electron chi connectivity index (χ3n) is 5.57. The first-order valence-electron chi connectivity index (χ1n) is 7.96. The average molecular weight is 280 g/mol. The zero-order valence-electron chi connectivity index (χ0n) is 13.3. The number of unbranched alkanes of at least 4 members (excludes halogenated alkanes) is 1. The van der Waals surface area contributed by atoms with E-state index in [1.807, 2.05) is 0 Å². The van der Waals surface area contributed by atoms with Crippen molar-refractivity contribution in [2.45, 2.75) is 51.9 Å². The summed E-state index contributed by atoms with van der Waals surface area (Å²) < 4.78 is 0. The van der Waals surface area contributed by atoms with E-state index >= 15 is 0 Å². The molecule has 0 aromatic rings. The van der Waals surface area contributed by atoms with Gasteiger partial charge in [0, 0.05) is 13.1 Å². The molecule has 0 amide bonds. The molecule has 0 spiro atoms. The summed E-state index contributed by atoms with van der Waals surface area (Å²) in [4.78, 5) is 5.12. The first-order valence-corrected chi connectivity index (χ1v) is 7.96. The Balaban J connectivity index is 1.10. The van der Waals surface area contributed by atoms with Gasteiger partial charge in [0.05, 0.1) is 38.0 Å². The van der Waals surface area contributed by atoms with Crippen LogP contribution in [-0.2, 0) is 0 Å². The van der Waals surface area contributed by atoms with Crippen molar-refractivity contribution in [2.75, 3.05) is 39.8 Å². The number of rotatable bonds is 5. The Morgan fingerprint density at radius 1 is 0.600 bits per heavy atom. The van der Waals surface area contributed by atoms with Crippen molar-refractivity contribution in [1.82, 2.24) is 29.8 Å². The van der Waals surface area contributed by atoms with Crippen LogP contribution in [0.5, 0.6) is 0 Å². The lowest BCUT2D eigenvalue weighted by Crippen LogP contribution is -2.34. The molecule has 114 valence electrons. The fourth-order valence-corrected chi connectivity index (χ4v) is 3.79. The summed E-state index contributed by atoms with van der Waals surface area (Å²) in [6.07, 6.45) is 2.64. The molecular weight excluding hydrogens is 252 g/mol. The van der Waals surface area contributed by atoms with Crippen molar-refractivity contribution in [3.63, 3.8) is 0 Å². The van der Waals surface area contributed by atoms with E-state index in [1.54, 1.807) is 0 Å². The van der Waals surface area contributed by atoms with Crippen molar-refractivity contribution in [2.24, 2.45) is 0 Å². The van der Waals surface area contributed by atoms with Crippen LogP contribution >= 0.6 is 0 Å². The van der Waals surface area contributed by atoms with E-state index in [9.17, 15) is 0 Å². The topological polar surface area (TPSA) is 18.5 Å². The molecule has 0 N–H and O–H groups in total. The van der Waals surface area contributed by atoms with Crippen molar-refractivity contribution < 1.29 is 0 Å². The first-order chi connectivity index (χ1) is 9.40. The summed E-state index contributed by atoms with van der Waals surface area (Å²) in [5, 5.41) is 9.85. The molecular formula is C14H28N6. The molecule has 4 aliphatic rings. The van der Waals surface area contributed by atoms with E-state index in [0.29, 0.717) is 11.3 Å². The van der Waals surface area contributed by atoms with E-state index in [4.69, 9.17) is 0 Å². The van der Waals surface area contributed by atoms with Crippen LogP contribution in [0.1, 0.15) is 40.5 Å². The van der Waals surface area contributed by atoms with Gasteiger partial charge in [-0.3, -0.25) is 9.80 Å². The zero-order valence-corrected chi connectivity index (χ0v) is 13.3. The third kappa shape index (κ3) is 1.94. The largest absolute Gasteiger partial charge is 0.275 e. The van der Waals surface area contributed by atoms with Gasteiger partial charge in [-0.2, -0.15) is 0 Å². The summed E-state index contributed by atoms with van der Waals surface area (Å²) in [5.41, 5.74) is 0.672. The smallest absolute Gasteiger partial charge is 0.0979 e. The Hall–Kier alpha value is -0.240. The van der Waals surface area contributed by atoms with Crippen LogP contribution in [0.25, 0.3) is 0 Å². The van der Waals surface area contributed by atoms with E-state index in [-0.39, 0.29) is 0 Å². The van der Waals surface area contributed by atoms with E-state index < -0.39 is 0 Å². The Morgan fingerprint density at radius 3 is 1.20 bits per heavy atom. The van der Waals surface area contributed by atoms with Gasteiger partial charge in [0.15, 0.2) is 0 Å². The monoisotopic (exact) mass is 280 g/mol. The molecule has 20 heavy (non-hydrogen) atoms. The molecule has 0 bridgehead atoms. The minimum Gasteiger partial charge on any atom is -0.275 e. The number of hydrogen-bond donors (Lipinski definition) is 0. The molecule has 4 fully saturated rings. The quantitative estimate of drug-likeness (QED) is 0.543. The first kappa shape index (κ1) is 13.4. The lowest BCUT2D eigenvalue weighted by Gasteiger charge is -2.22. The molecule has 0 radical (unpaired) electrons. The molecule has 6 nitrogen and oxygen atoms in total. The summed E-state index contributed by atoms with van der Waals surface area (Å²) in [6, 6.07) is 0. The van der Waals surface area contributed by atoms with Gasteiger partial charge in [-0.1, -0.05) is 0 Å². The highest BCUT2D eigenvalue weighted by molar-refractivity contribution is 4.98. The predicted molar refractivity (Wildman–Crippen MR) is 77.6 cm³/mol. The summed E-state index contributed by atoms with van der Waals surface area (Å²) >= 11 is 0. The molecule has 4 atom stereocenters. The zero-order chi connectivity index (χ0) is 14.1. The maximum Gasteiger partial charge on any atom is 0.0979 e. The fraction of sp³-hybridized carbons (Fsp3) is 1.00. The van der Waals surface area contributed by atoms with Gasteiger partial charge >= 0.3 is 0 Å². The second-order valence-corrected chi connectivity index (χ2v) is 7.65. The van der Waals surface area contributed by atoms with Gasteiger partial charge in [-0.15, -0.1) is 0 Å². The van der Waals surface area contributed by atoms with Crippen LogP contribution in [0.2, 0.25) is 0 Å². The Kier molecular flexibility index (Phi) is 2.79. The third-order valence-corrected chi connectivity index (χ3v) is 5.57. The highest BCUT2D eigenvalue weighted by atomic mass is 16.0. The fourth-order valence-electron chi connectivity index (χ4n) is 3.79. The van der Waals surface area contributed by atoms with Crippen LogP contribution in [-0.4, -0.2) is 80.9 Å². The van der Waals surface area contributed by atoms with Crippen molar-refractivity contribution >= 4 is 0 Å². The molecule has 0 aromatic heterocycles. The molecule has 4 aliphatic heterocycles. The molecule has 4 rings (SSSR count). The Morgan fingerprint density at radius 2 is 0.900 bits per heavy atom. The number of nitrogens with zero attached hydrogens (tertiary/aromatic N) is 6. The Bertz CT molecular complexity index is 342. The van der Waals surface area contributed by atoms with Gasteiger partial charge in [0.25, 0.3) is 0 Å². The van der Waals surface area contributed by atoms with Crippen LogP contribution in [0, 0.1) is 0 Å². The highest BCUT2D eigenvalue weighted by Crippen LogP contribution is 2.43. The van der Waals surface area contributed by atoms with Crippen LogP contribution in [0.15, 0.2) is 0 Å². The molecule has 4 unspecified atom stereocenters. The van der Waals surface area contributed by atoms with Crippen molar-refractivity contribution in [3.8, 4) is 0 Å². The van der Waals surface area contributed by atoms with E-state index in [0.717, 1.165) is 26.7 Å². The molecule has 4 heterocycles. The lowest BCUT2D eigenvalue weighted by atomic mass is 10.2. The normalized spacial score (nSPS) is 44.4. The minimum absolute atomic E-state index is 0.336. The molecule has 0 aromatic carbocycles. The van der Waals surface area contributed by atoms with Crippen LogP contribution < -0.4 is 0 Å². The summed E-state index contributed by atoms with van der Waals surface area (Å²) in [5.74, 6) is 0. The molecule has 4 saturated heterocycles. The van der Waals surface area contributed by atoms with Gasteiger partial charge in [0.1, 0.15) is 0 Å². The standard InChI is InChI=1S/C14H28N6/c1-13(2)17-9-15(10-18(13)17)7-5-6-8-16-11-19-14(3,4)20(19)12-16/h5-12H2,1-4H3. The van der Waals surface area contributed by atoms with Crippen LogP contribution in [0.4, 0.5) is 0 Å². The van der Waals surface area contributed by atoms with Gasteiger partial charge in [0.2, 0.25) is 0 Å². The Labute approximate surface area is 122 Å². The molecule has 6 heteroatoms. The van der Waals surface area contributed by atoms with Crippen molar-refractivity contribution in [1.29, 1.82) is 0 Å². The second kappa shape index (κ2) is 4.15. The van der Waals surface area contributed by atoms with Crippen LogP contribution in [0.3, 0.4) is 0 Å².